The molecule has 31 heavy (non-hydrogen) atoms. The van der Waals surface area contributed by atoms with Gasteiger partial charge in [-0.15, -0.1) is 0 Å². The minimum absolute atomic E-state index is 0.245. The maximum atomic E-state index is 12.8. The molecule has 0 radical (unpaired) electrons. The molecule has 4 rings (SSSR count). The number of carbonyl (C=O) groups is 2. The predicted octanol–water partition coefficient (Wildman–Crippen LogP) is 6.57. The van der Waals surface area contributed by atoms with Crippen molar-refractivity contribution in [3.63, 3.8) is 0 Å². The van der Waals surface area contributed by atoms with E-state index < -0.39 is 0 Å². The van der Waals surface area contributed by atoms with Gasteiger partial charge in [0.15, 0.2) is 0 Å². The van der Waals surface area contributed by atoms with E-state index in [4.69, 9.17) is 4.74 Å². The molecular weight excluding hydrogens is 474 g/mol. The second-order valence-electron chi connectivity index (χ2n) is 7.20. The maximum Gasteiger partial charge on any atom is 0.293 e. The molecule has 156 valence electrons. The highest BCUT2D eigenvalue weighted by atomic mass is 79.9. The van der Waals surface area contributed by atoms with Gasteiger partial charge in [-0.05, 0) is 59.7 Å². The number of amides is 2. The first-order valence-corrected chi connectivity index (χ1v) is 11.4. The van der Waals surface area contributed by atoms with Crippen LogP contribution in [0.25, 0.3) is 6.08 Å². The number of halogens is 1. The number of nitrogens with zero attached hydrogens (tertiary/aromatic N) is 1. The highest BCUT2D eigenvalue weighted by Gasteiger charge is 2.35. The largest absolute Gasteiger partial charge is 0.489 e. The number of carbonyl (C=O) groups excluding carboxylic acids is 2. The Bertz CT molecular complexity index is 1140. The number of ether oxygens (including phenoxy) is 1. The Labute approximate surface area is 194 Å². The molecule has 0 N–H and O–H groups in total. The Balaban J connectivity index is 1.41. The van der Waals surface area contributed by atoms with Crippen molar-refractivity contribution in [1.29, 1.82) is 0 Å². The molecule has 2 amide bonds. The molecule has 0 saturated carbocycles. The normalized spacial score (nSPS) is 15.0. The van der Waals surface area contributed by atoms with Crippen molar-refractivity contribution in [3.8, 4) is 5.75 Å². The number of benzene rings is 3. The molecule has 1 aliphatic rings. The van der Waals surface area contributed by atoms with E-state index in [0.717, 1.165) is 38.7 Å². The maximum absolute atomic E-state index is 12.8. The van der Waals surface area contributed by atoms with E-state index in [9.17, 15) is 9.59 Å². The number of hydrogen-bond donors (Lipinski definition) is 0. The zero-order chi connectivity index (χ0) is 21.8. The molecule has 0 aromatic heterocycles. The van der Waals surface area contributed by atoms with Gasteiger partial charge in [0.05, 0.1) is 11.4 Å². The lowest BCUT2D eigenvalue weighted by Gasteiger charge is -2.13. The summed E-state index contributed by atoms with van der Waals surface area (Å²) >= 11 is 4.43. The Morgan fingerprint density at radius 2 is 1.68 bits per heavy atom. The van der Waals surface area contributed by atoms with Gasteiger partial charge in [-0.1, -0.05) is 76.1 Å². The molecule has 0 bridgehead atoms. The van der Waals surface area contributed by atoms with E-state index >= 15 is 0 Å². The van der Waals surface area contributed by atoms with Crippen LogP contribution in [-0.2, 0) is 17.9 Å². The highest BCUT2D eigenvalue weighted by Crippen LogP contribution is 2.34. The lowest BCUT2D eigenvalue weighted by molar-refractivity contribution is -0.123. The van der Waals surface area contributed by atoms with Crippen molar-refractivity contribution in [3.05, 3.63) is 104 Å². The lowest BCUT2D eigenvalue weighted by Crippen LogP contribution is -2.27. The summed E-state index contributed by atoms with van der Waals surface area (Å²) in [5, 5.41) is -0.259. The number of hydrogen-bond acceptors (Lipinski definition) is 4. The lowest BCUT2D eigenvalue weighted by atomic mass is 10.1. The third-order valence-corrected chi connectivity index (χ3v) is 6.54. The number of thioether (sulfide) groups is 1. The summed E-state index contributed by atoms with van der Waals surface area (Å²) in [5.41, 5.74) is 4.05. The quantitative estimate of drug-likeness (QED) is 0.364. The molecule has 1 heterocycles. The zero-order valence-electron chi connectivity index (χ0n) is 16.9. The standard InChI is InChI=1S/C25H20BrNO3S/c1-17-6-8-19(9-7-17)16-30-21-12-10-18(11-13-21)14-23-24(28)27(25(29)31-23)15-20-4-2-3-5-22(20)26/h2-14H,15-16H2,1H3/b23-14-. The number of imide groups is 1. The van der Waals surface area contributed by atoms with Crippen LogP contribution in [0.2, 0.25) is 0 Å². The van der Waals surface area contributed by atoms with Gasteiger partial charge in [0.1, 0.15) is 12.4 Å². The fraction of sp³-hybridized carbons (Fsp3) is 0.120. The van der Waals surface area contributed by atoms with Crippen LogP contribution >= 0.6 is 27.7 Å². The molecule has 4 nitrogen and oxygen atoms in total. The molecule has 1 aliphatic heterocycles. The third kappa shape index (κ3) is 5.27. The summed E-state index contributed by atoms with van der Waals surface area (Å²) in [6.45, 7) is 2.79. The van der Waals surface area contributed by atoms with E-state index in [2.05, 4.69) is 35.0 Å². The highest BCUT2D eigenvalue weighted by molar-refractivity contribution is 9.10. The van der Waals surface area contributed by atoms with E-state index in [1.807, 2.05) is 60.7 Å². The topological polar surface area (TPSA) is 46.6 Å². The number of aryl methyl sites for hydroxylation is 1. The van der Waals surface area contributed by atoms with Crippen LogP contribution in [0.5, 0.6) is 5.75 Å². The third-order valence-electron chi connectivity index (χ3n) is 4.86. The second kappa shape index (κ2) is 9.54. The van der Waals surface area contributed by atoms with E-state index in [-0.39, 0.29) is 17.7 Å². The van der Waals surface area contributed by atoms with Crippen molar-refractivity contribution >= 4 is 44.9 Å². The van der Waals surface area contributed by atoms with Crippen LogP contribution in [0.4, 0.5) is 4.79 Å². The van der Waals surface area contributed by atoms with Crippen molar-refractivity contribution in [2.24, 2.45) is 0 Å². The average Bonchev–Trinajstić information content (AvgIpc) is 3.03. The Morgan fingerprint density at radius 3 is 2.39 bits per heavy atom. The summed E-state index contributed by atoms with van der Waals surface area (Å²) < 4.78 is 6.70. The summed E-state index contributed by atoms with van der Waals surface area (Å²) in [7, 11) is 0. The molecule has 1 saturated heterocycles. The Kier molecular flexibility index (Phi) is 6.59. The summed E-state index contributed by atoms with van der Waals surface area (Å²) in [4.78, 5) is 26.8. The monoisotopic (exact) mass is 493 g/mol. The Morgan fingerprint density at radius 1 is 0.968 bits per heavy atom. The van der Waals surface area contributed by atoms with E-state index in [0.29, 0.717) is 11.5 Å². The average molecular weight is 494 g/mol. The minimum Gasteiger partial charge on any atom is -0.489 e. The molecule has 0 unspecified atom stereocenters. The second-order valence-corrected chi connectivity index (χ2v) is 9.05. The van der Waals surface area contributed by atoms with Gasteiger partial charge in [-0.2, -0.15) is 0 Å². The molecule has 6 heteroatoms. The molecule has 0 atom stereocenters. The van der Waals surface area contributed by atoms with Crippen LogP contribution in [0, 0.1) is 6.92 Å². The molecular formula is C25H20BrNO3S. The van der Waals surface area contributed by atoms with Crippen molar-refractivity contribution in [2.75, 3.05) is 0 Å². The zero-order valence-corrected chi connectivity index (χ0v) is 19.3. The minimum atomic E-state index is -0.273. The first-order chi connectivity index (χ1) is 15.0. The van der Waals surface area contributed by atoms with Crippen LogP contribution in [0.1, 0.15) is 22.3 Å². The van der Waals surface area contributed by atoms with Gasteiger partial charge >= 0.3 is 0 Å². The van der Waals surface area contributed by atoms with Crippen molar-refractivity contribution in [2.45, 2.75) is 20.1 Å². The van der Waals surface area contributed by atoms with Gasteiger partial charge in [0.2, 0.25) is 0 Å². The van der Waals surface area contributed by atoms with Crippen LogP contribution in [0.15, 0.2) is 82.2 Å². The molecule has 0 aliphatic carbocycles. The van der Waals surface area contributed by atoms with E-state index in [1.165, 1.54) is 10.5 Å². The molecule has 0 spiro atoms. The van der Waals surface area contributed by atoms with Crippen LogP contribution < -0.4 is 4.74 Å². The van der Waals surface area contributed by atoms with Gasteiger partial charge in [0.25, 0.3) is 11.1 Å². The molecule has 3 aromatic carbocycles. The van der Waals surface area contributed by atoms with Crippen LogP contribution in [-0.4, -0.2) is 16.0 Å². The fourth-order valence-corrected chi connectivity index (χ4v) is 4.34. The smallest absolute Gasteiger partial charge is 0.293 e. The summed E-state index contributed by atoms with van der Waals surface area (Å²) in [5.74, 6) is 0.477. The van der Waals surface area contributed by atoms with Crippen LogP contribution in [0.3, 0.4) is 0 Å². The number of rotatable bonds is 6. The Hall–Kier alpha value is -2.83. The fourth-order valence-electron chi connectivity index (χ4n) is 3.10. The molecule has 3 aromatic rings. The SMILES string of the molecule is Cc1ccc(COc2ccc(/C=C3\SC(=O)N(Cc4ccccc4Br)C3=O)cc2)cc1. The first-order valence-electron chi connectivity index (χ1n) is 9.77. The van der Waals surface area contributed by atoms with Crippen molar-refractivity contribution in [1.82, 2.24) is 4.90 Å². The summed E-state index contributed by atoms with van der Waals surface area (Å²) in [6, 6.07) is 23.3. The van der Waals surface area contributed by atoms with E-state index in [1.54, 1.807) is 6.08 Å². The van der Waals surface area contributed by atoms with Gasteiger partial charge in [0, 0.05) is 4.47 Å². The first kappa shape index (κ1) is 21.4. The van der Waals surface area contributed by atoms with Gasteiger partial charge in [-0.25, -0.2) is 0 Å². The van der Waals surface area contributed by atoms with Gasteiger partial charge in [-0.3, -0.25) is 14.5 Å². The predicted molar refractivity (Wildman–Crippen MR) is 128 cm³/mol. The summed E-state index contributed by atoms with van der Waals surface area (Å²) in [6.07, 6.45) is 1.74. The molecule has 1 fully saturated rings. The van der Waals surface area contributed by atoms with Gasteiger partial charge < -0.3 is 4.74 Å². The van der Waals surface area contributed by atoms with Crippen molar-refractivity contribution < 1.29 is 14.3 Å².